The summed E-state index contributed by atoms with van der Waals surface area (Å²) < 4.78 is 5.82. The number of hydrogen-bond acceptors (Lipinski definition) is 3. The lowest BCUT2D eigenvalue weighted by Crippen LogP contribution is -2.10. The summed E-state index contributed by atoms with van der Waals surface area (Å²) in [5.74, 6) is 0.141. The normalized spacial score (nSPS) is 10.9. The number of pyridine rings is 1. The summed E-state index contributed by atoms with van der Waals surface area (Å²) in [5, 5.41) is 0.808. The van der Waals surface area contributed by atoms with Crippen molar-refractivity contribution in [1.82, 2.24) is 4.98 Å². The summed E-state index contributed by atoms with van der Waals surface area (Å²) in [6, 6.07) is 33.9. The summed E-state index contributed by atoms with van der Waals surface area (Å²) in [6.07, 6.45) is 0.836. The fourth-order valence-corrected chi connectivity index (χ4v) is 4.28. The van der Waals surface area contributed by atoms with Crippen LogP contribution in [0.1, 0.15) is 32.6 Å². The average molecular weight is 444 g/mol. The number of carbonyl (C=O) groups is 1. The van der Waals surface area contributed by atoms with Gasteiger partial charge in [-0.15, -0.1) is 0 Å². The van der Waals surface area contributed by atoms with Crippen molar-refractivity contribution in [1.29, 1.82) is 0 Å². The van der Waals surface area contributed by atoms with Crippen LogP contribution in [0, 0.1) is 13.8 Å². The van der Waals surface area contributed by atoms with Crippen LogP contribution < -0.4 is 4.74 Å². The smallest absolute Gasteiger partial charge is 0.344 e. The molecule has 0 fully saturated rings. The molecule has 0 aliphatic carbocycles. The number of ether oxygens (including phenoxy) is 1. The molecule has 1 heterocycles. The Balaban J connectivity index is 1.47. The maximum atomic E-state index is 13.4. The number of fused-ring (bicyclic) bond motifs is 1. The summed E-state index contributed by atoms with van der Waals surface area (Å²) in [5.41, 5.74) is 7.58. The minimum Gasteiger partial charge on any atom is -0.423 e. The summed E-state index contributed by atoms with van der Waals surface area (Å²) in [7, 11) is 0. The highest BCUT2D eigenvalue weighted by molar-refractivity contribution is 6.06. The van der Waals surface area contributed by atoms with Gasteiger partial charge in [0.15, 0.2) is 0 Å². The molecular weight excluding hydrogens is 418 g/mol. The molecule has 4 aromatic carbocycles. The van der Waals surface area contributed by atoms with Crippen LogP contribution in [0.4, 0.5) is 0 Å². The molecule has 5 aromatic rings. The maximum absolute atomic E-state index is 13.4. The van der Waals surface area contributed by atoms with Gasteiger partial charge in [0.05, 0.1) is 16.8 Å². The van der Waals surface area contributed by atoms with Crippen LogP contribution in [0.5, 0.6) is 5.75 Å². The van der Waals surface area contributed by atoms with E-state index >= 15 is 0 Å². The third kappa shape index (κ3) is 4.60. The lowest BCUT2D eigenvalue weighted by atomic mass is 10.00. The number of carbonyl (C=O) groups excluding carboxylic acids is 1. The van der Waals surface area contributed by atoms with Crippen LogP contribution in [0.3, 0.4) is 0 Å². The zero-order valence-corrected chi connectivity index (χ0v) is 19.3. The van der Waals surface area contributed by atoms with E-state index in [9.17, 15) is 4.79 Å². The molecule has 0 saturated carbocycles. The Bertz CT molecular complexity index is 1460. The van der Waals surface area contributed by atoms with E-state index < -0.39 is 0 Å². The number of aryl methyl sites for hydroxylation is 2. The van der Waals surface area contributed by atoms with Gasteiger partial charge in [-0.2, -0.15) is 0 Å². The molecule has 3 heteroatoms. The van der Waals surface area contributed by atoms with Gasteiger partial charge in [-0.1, -0.05) is 84.4 Å². The second-order valence-corrected chi connectivity index (χ2v) is 8.59. The van der Waals surface area contributed by atoms with E-state index in [2.05, 4.69) is 18.2 Å². The average Bonchev–Trinajstić information content (AvgIpc) is 2.86. The highest BCUT2D eigenvalue weighted by atomic mass is 16.5. The fraction of sp³-hybridized carbons (Fsp3) is 0.0968. The molecule has 0 bridgehead atoms. The van der Waals surface area contributed by atoms with Crippen LogP contribution in [0.2, 0.25) is 0 Å². The third-order valence-electron chi connectivity index (χ3n) is 5.92. The van der Waals surface area contributed by atoms with E-state index in [1.54, 1.807) is 0 Å². The lowest BCUT2D eigenvalue weighted by molar-refractivity contribution is 0.0737. The highest BCUT2D eigenvalue weighted by Gasteiger charge is 2.18. The molecule has 0 aliphatic rings. The molecule has 1 aromatic heterocycles. The number of aromatic nitrogens is 1. The number of nitrogens with zero attached hydrogens (tertiary/aromatic N) is 1. The second-order valence-electron chi connectivity index (χ2n) is 8.59. The molecule has 0 amide bonds. The van der Waals surface area contributed by atoms with Gasteiger partial charge in [0.2, 0.25) is 0 Å². The van der Waals surface area contributed by atoms with Gasteiger partial charge in [-0.3, -0.25) is 0 Å². The first-order chi connectivity index (χ1) is 16.6. The van der Waals surface area contributed by atoms with E-state index in [0.29, 0.717) is 11.3 Å². The van der Waals surface area contributed by atoms with Gasteiger partial charge in [0, 0.05) is 10.9 Å². The van der Waals surface area contributed by atoms with Gasteiger partial charge in [-0.25, -0.2) is 9.78 Å². The van der Waals surface area contributed by atoms with Crippen molar-refractivity contribution in [2.24, 2.45) is 0 Å². The molecule has 166 valence electrons. The Morgan fingerprint density at radius 2 is 1.41 bits per heavy atom. The Morgan fingerprint density at radius 3 is 2.12 bits per heavy atom. The molecule has 0 spiro atoms. The zero-order chi connectivity index (χ0) is 23.5. The number of benzene rings is 4. The molecule has 3 nitrogen and oxygen atoms in total. The van der Waals surface area contributed by atoms with Crippen molar-refractivity contribution in [3.8, 4) is 17.0 Å². The topological polar surface area (TPSA) is 39.2 Å². The van der Waals surface area contributed by atoms with E-state index in [-0.39, 0.29) is 5.97 Å². The number of rotatable bonds is 5. The summed E-state index contributed by atoms with van der Waals surface area (Å²) in [4.78, 5) is 18.2. The van der Waals surface area contributed by atoms with E-state index in [0.717, 1.165) is 45.3 Å². The molecule has 5 rings (SSSR count). The minimum atomic E-state index is -0.384. The quantitative estimate of drug-likeness (QED) is 0.211. The molecule has 0 aliphatic heterocycles. The van der Waals surface area contributed by atoms with E-state index in [1.165, 1.54) is 5.56 Å². The van der Waals surface area contributed by atoms with Crippen molar-refractivity contribution in [3.05, 3.63) is 131 Å². The van der Waals surface area contributed by atoms with Crippen molar-refractivity contribution in [2.75, 3.05) is 0 Å². The summed E-state index contributed by atoms with van der Waals surface area (Å²) >= 11 is 0. The van der Waals surface area contributed by atoms with Crippen molar-refractivity contribution < 1.29 is 9.53 Å². The molecule has 0 unspecified atom stereocenters. The first-order valence-corrected chi connectivity index (χ1v) is 11.4. The molecular formula is C31H25NO2. The van der Waals surface area contributed by atoms with Crippen LogP contribution in [-0.4, -0.2) is 11.0 Å². The molecule has 0 saturated heterocycles. The van der Waals surface area contributed by atoms with Crippen LogP contribution in [0.15, 0.2) is 103 Å². The first-order valence-electron chi connectivity index (χ1n) is 11.4. The second kappa shape index (κ2) is 9.32. The van der Waals surface area contributed by atoms with Gasteiger partial charge >= 0.3 is 5.97 Å². The Morgan fingerprint density at radius 1 is 0.765 bits per heavy atom. The van der Waals surface area contributed by atoms with Crippen molar-refractivity contribution in [3.63, 3.8) is 0 Å². The SMILES string of the molecule is Cc1cc(C)c2nc(-c3ccccc3)cc(C(=O)Oc3ccc(Cc4ccccc4)cc3)c2c1. The predicted octanol–water partition coefficient (Wildman–Crippen LogP) is 7.33. The van der Waals surface area contributed by atoms with Crippen molar-refractivity contribution >= 4 is 16.9 Å². The van der Waals surface area contributed by atoms with E-state index in [4.69, 9.17) is 9.72 Å². The molecule has 0 atom stereocenters. The standard InChI is InChI=1S/C31H25NO2/c1-21-17-22(2)30-27(18-21)28(20-29(32-30)25-11-7-4-8-12-25)31(33)34-26-15-13-24(14-16-26)19-23-9-5-3-6-10-23/h3-18,20H,19H2,1-2H3. The van der Waals surface area contributed by atoms with Gasteiger partial charge in [-0.05, 0) is 61.2 Å². The molecule has 34 heavy (non-hydrogen) atoms. The van der Waals surface area contributed by atoms with Gasteiger partial charge in [0.25, 0.3) is 0 Å². The van der Waals surface area contributed by atoms with Gasteiger partial charge < -0.3 is 4.74 Å². The predicted molar refractivity (Wildman–Crippen MR) is 137 cm³/mol. The van der Waals surface area contributed by atoms with Crippen molar-refractivity contribution in [2.45, 2.75) is 20.3 Å². The number of esters is 1. The van der Waals surface area contributed by atoms with Crippen LogP contribution >= 0.6 is 0 Å². The van der Waals surface area contributed by atoms with Gasteiger partial charge in [0.1, 0.15) is 5.75 Å². The third-order valence-corrected chi connectivity index (χ3v) is 5.92. The maximum Gasteiger partial charge on any atom is 0.344 e. The lowest BCUT2D eigenvalue weighted by Gasteiger charge is -2.13. The minimum absolute atomic E-state index is 0.384. The zero-order valence-electron chi connectivity index (χ0n) is 19.3. The largest absolute Gasteiger partial charge is 0.423 e. The Hall–Kier alpha value is -4.24. The molecule has 0 N–H and O–H groups in total. The highest BCUT2D eigenvalue weighted by Crippen LogP contribution is 2.29. The fourth-order valence-electron chi connectivity index (χ4n) is 4.28. The van der Waals surface area contributed by atoms with E-state index in [1.807, 2.05) is 98.8 Å². The molecule has 0 radical (unpaired) electrons. The number of hydrogen-bond donors (Lipinski definition) is 0. The Kier molecular flexibility index (Phi) is 5.92. The first kappa shape index (κ1) is 21.6. The summed E-state index contributed by atoms with van der Waals surface area (Å²) in [6.45, 7) is 4.05. The van der Waals surface area contributed by atoms with Crippen LogP contribution in [-0.2, 0) is 6.42 Å². The van der Waals surface area contributed by atoms with Crippen LogP contribution in [0.25, 0.3) is 22.2 Å². The monoisotopic (exact) mass is 443 g/mol. The Labute approximate surface area is 199 Å².